The lowest BCUT2D eigenvalue weighted by Crippen LogP contribution is -2.01. The fourth-order valence-corrected chi connectivity index (χ4v) is 1.89. The van der Waals surface area contributed by atoms with E-state index >= 15 is 0 Å². The number of allylic oxidation sites excluding steroid dienone is 1. The van der Waals surface area contributed by atoms with Gasteiger partial charge in [0.15, 0.2) is 5.84 Å². The van der Waals surface area contributed by atoms with Crippen molar-refractivity contribution in [2.24, 2.45) is 9.98 Å². The van der Waals surface area contributed by atoms with E-state index in [2.05, 4.69) is 21.5 Å². The number of aliphatic imine (C=N–C) groups is 2. The Balaban J connectivity index is 2.48. The molecule has 0 aliphatic rings. The van der Waals surface area contributed by atoms with E-state index < -0.39 is 5.95 Å². The van der Waals surface area contributed by atoms with Crippen molar-refractivity contribution in [2.45, 2.75) is 6.92 Å². The Morgan fingerprint density at radius 1 is 1.29 bits per heavy atom. The molecule has 1 aromatic carbocycles. The zero-order chi connectivity index (χ0) is 15.2. The van der Waals surface area contributed by atoms with Crippen LogP contribution in [0.25, 0.3) is 11.1 Å². The predicted octanol–water partition coefficient (Wildman–Crippen LogP) is 3.83. The molecule has 21 heavy (non-hydrogen) atoms. The van der Waals surface area contributed by atoms with E-state index in [1.165, 1.54) is 12.4 Å². The van der Waals surface area contributed by atoms with Crippen LogP contribution in [0.2, 0.25) is 0 Å². The number of aromatic nitrogens is 1. The van der Waals surface area contributed by atoms with Crippen molar-refractivity contribution in [3.05, 3.63) is 66.3 Å². The highest BCUT2D eigenvalue weighted by atomic mass is 19.1. The zero-order valence-corrected chi connectivity index (χ0v) is 12.0. The molecule has 0 radical (unpaired) electrons. The first-order chi connectivity index (χ1) is 10.2. The maximum Gasteiger partial charge on any atom is 0.220 e. The molecule has 3 nitrogen and oxygen atoms in total. The summed E-state index contributed by atoms with van der Waals surface area (Å²) in [5, 5.41) is 0. The average Bonchev–Trinajstić information content (AvgIpc) is 2.50. The van der Waals surface area contributed by atoms with Crippen LogP contribution >= 0.6 is 0 Å². The first-order valence-electron chi connectivity index (χ1n) is 6.50. The molecule has 0 fully saturated rings. The van der Waals surface area contributed by atoms with E-state index in [9.17, 15) is 4.39 Å². The topological polar surface area (TPSA) is 37.6 Å². The van der Waals surface area contributed by atoms with E-state index in [4.69, 9.17) is 0 Å². The van der Waals surface area contributed by atoms with Gasteiger partial charge in [0.1, 0.15) is 0 Å². The summed E-state index contributed by atoms with van der Waals surface area (Å²) in [5.74, 6) is -0.0264. The fraction of sp³-hybridized carbons (Fsp3) is 0.118. The van der Waals surface area contributed by atoms with E-state index in [0.29, 0.717) is 17.0 Å². The second-order valence-corrected chi connectivity index (χ2v) is 4.49. The smallest absolute Gasteiger partial charge is 0.220 e. The number of halogens is 1. The van der Waals surface area contributed by atoms with Crippen LogP contribution in [0.4, 0.5) is 4.39 Å². The van der Waals surface area contributed by atoms with Gasteiger partial charge in [0.05, 0.1) is 0 Å². The molecule has 0 amide bonds. The minimum Gasteiger partial charge on any atom is -0.270 e. The van der Waals surface area contributed by atoms with Crippen LogP contribution < -0.4 is 0 Å². The minimum absolute atomic E-state index is 0.433. The number of hydrogen-bond donors (Lipinski definition) is 0. The molecule has 1 aromatic heterocycles. The summed E-state index contributed by atoms with van der Waals surface area (Å²) in [6.45, 7) is 5.55. The standard InChI is InChI=1S/C17H16FN3/c1-4-9-20-17(19-3)14-10-15(16(18)21-11-14)13-7-5-12(2)6-8-13/h4-11H,1H2,2-3H3. The van der Waals surface area contributed by atoms with Gasteiger partial charge in [-0.05, 0) is 18.6 Å². The fourth-order valence-electron chi connectivity index (χ4n) is 1.89. The highest BCUT2D eigenvalue weighted by molar-refractivity contribution is 6.04. The Morgan fingerprint density at radius 2 is 2.00 bits per heavy atom. The number of aryl methyl sites for hydroxylation is 1. The summed E-state index contributed by atoms with van der Waals surface area (Å²) in [7, 11) is 1.63. The first-order valence-corrected chi connectivity index (χ1v) is 6.50. The quantitative estimate of drug-likeness (QED) is 0.478. The maximum atomic E-state index is 14.0. The van der Waals surface area contributed by atoms with Crippen LogP contribution in [0, 0.1) is 12.9 Å². The lowest BCUT2D eigenvalue weighted by Gasteiger charge is -2.06. The van der Waals surface area contributed by atoms with Crippen molar-refractivity contribution < 1.29 is 4.39 Å². The summed E-state index contributed by atoms with van der Waals surface area (Å²) in [5.41, 5.74) is 2.99. The largest absolute Gasteiger partial charge is 0.270 e. The molecule has 0 saturated carbocycles. The third-order valence-electron chi connectivity index (χ3n) is 2.97. The summed E-state index contributed by atoms with van der Waals surface area (Å²) in [6.07, 6.45) is 4.52. The number of benzene rings is 1. The van der Waals surface area contributed by atoms with E-state index in [-0.39, 0.29) is 0 Å². The molecular formula is C17H16FN3. The molecule has 1 heterocycles. The van der Waals surface area contributed by atoms with Gasteiger partial charge in [-0.2, -0.15) is 4.39 Å². The van der Waals surface area contributed by atoms with Crippen molar-refractivity contribution >= 4 is 12.1 Å². The third-order valence-corrected chi connectivity index (χ3v) is 2.97. The highest BCUT2D eigenvalue weighted by Crippen LogP contribution is 2.23. The van der Waals surface area contributed by atoms with Gasteiger partial charge in [0.2, 0.25) is 5.95 Å². The average molecular weight is 281 g/mol. The summed E-state index contributed by atoms with van der Waals surface area (Å²) in [4.78, 5) is 12.0. The molecule has 2 aromatic rings. The normalized spacial score (nSPS) is 11.9. The van der Waals surface area contributed by atoms with Gasteiger partial charge >= 0.3 is 0 Å². The van der Waals surface area contributed by atoms with Crippen LogP contribution in [-0.2, 0) is 0 Å². The van der Waals surface area contributed by atoms with Gasteiger partial charge in [-0.25, -0.2) is 9.98 Å². The number of nitrogens with zero attached hydrogens (tertiary/aromatic N) is 3. The summed E-state index contributed by atoms with van der Waals surface area (Å²) in [6, 6.07) is 9.32. The molecule has 0 N–H and O–H groups in total. The highest BCUT2D eigenvalue weighted by Gasteiger charge is 2.10. The lowest BCUT2D eigenvalue weighted by atomic mass is 10.0. The van der Waals surface area contributed by atoms with Crippen LogP contribution in [0.15, 0.2) is 59.2 Å². The molecule has 4 heteroatoms. The minimum atomic E-state index is -0.509. The number of hydrogen-bond acceptors (Lipinski definition) is 2. The van der Waals surface area contributed by atoms with Crippen molar-refractivity contribution in [3.8, 4) is 11.1 Å². The summed E-state index contributed by atoms with van der Waals surface area (Å²) < 4.78 is 14.0. The Morgan fingerprint density at radius 3 is 2.62 bits per heavy atom. The Labute approximate surface area is 123 Å². The first kappa shape index (κ1) is 14.8. The molecular weight excluding hydrogens is 265 g/mol. The lowest BCUT2D eigenvalue weighted by molar-refractivity contribution is 0.587. The predicted molar refractivity (Wildman–Crippen MR) is 85.5 cm³/mol. The number of rotatable bonds is 3. The monoisotopic (exact) mass is 281 g/mol. The van der Waals surface area contributed by atoms with Crippen LogP contribution in [-0.4, -0.2) is 24.1 Å². The van der Waals surface area contributed by atoms with Gasteiger partial charge in [0.25, 0.3) is 0 Å². The molecule has 0 saturated heterocycles. The number of pyridine rings is 1. The molecule has 0 aliphatic heterocycles. The van der Waals surface area contributed by atoms with Crippen molar-refractivity contribution in [2.75, 3.05) is 7.05 Å². The number of amidine groups is 1. The van der Waals surface area contributed by atoms with E-state index in [1.54, 1.807) is 19.2 Å². The molecule has 0 bridgehead atoms. The molecule has 0 spiro atoms. The molecule has 0 atom stereocenters. The van der Waals surface area contributed by atoms with Crippen molar-refractivity contribution in [1.82, 2.24) is 4.98 Å². The van der Waals surface area contributed by atoms with Gasteiger partial charge in [-0.1, -0.05) is 42.5 Å². The van der Waals surface area contributed by atoms with Gasteiger partial charge in [-0.3, -0.25) is 4.99 Å². The zero-order valence-electron chi connectivity index (χ0n) is 12.0. The second kappa shape index (κ2) is 6.70. The summed E-state index contributed by atoms with van der Waals surface area (Å²) >= 11 is 0. The third kappa shape index (κ3) is 3.48. The maximum absolute atomic E-state index is 14.0. The van der Waals surface area contributed by atoms with E-state index in [0.717, 1.165) is 11.1 Å². The Bertz CT molecular complexity index is 700. The van der Waals surface area contributed by atoms with Gasteiger partial charge in [0, 0.05) is 30.6 Å². The molecule has 106 valence electrons. The Kier molecular flexibility index (Phi) is 4.72. The SMILES string of the molecule is C=CC=NC(=NC)c1cnc(F)c(-c2ccc(C)cc2)c1. The van der Waals surface area contributed by atoms with Crippen LogP contribution in [0.5, 0.6) is 0 Å². The molecule has 2 rings (SSSR count). The molecule has 0 unspecified atom stereocenters. The van der Waals surface area contributed by atoms with Crippen molar-refractivity contribution in [1.29, 1.82) is 0 Å². The second-order valence-electron chi connectivity index (χ2n) is 4.49. The van der Waals surface area contributed by atoms with Crippen LogP contribution in [0.3, 0.4) is 0 Å². The van der Waals surface area contributed by atoms with Gasteiger partial charge < -0.3 is 0 Å². The van der Waals surface area contributed by atoms with Crippen molar-refractivity contribution in [3.63, 3.8) is 0 Å². The van der Waals surface area contributed by atoms with Crippen LogP contribution in [0.1, 0.15) is 11.1 Å². The van der Waals surface area contributed by atoms with E-state index in [1.807, 2.05) is 31.2 Å². The Hall–Kier alpha value is -2.62. The van der Waals surface area contributed by atoms with Gasteiger partial charge in [-0.15, -0.1) is 0 Å². The molecule has 0 aliphatic carbocycles.